The summed E-state index contributed by atoms with van der Waals surface area (Å²) in [6.07, 6.45) is -1.24. The molecule has 8 nitrogen and oxygen atoms in total. The SMILES string of the molecule is N#Cc1cnc(NC2=NC=C(C(F)(F)F)C(NC[C@@H]3CNCCO3)C2)cn1. The van der Waals surface area contributed by atoms with Gasteiger partial charge in [0.1, 0.15) is 17.7 Å². The molecule has 3 N–H and O–H groups in total. The number of morpholine rings is 1. The van der Waals surface area contributed by atoms with Crippen LogP contribution in [0, 0.1) is 11.3 Å². The number of nitriles is 1. The highest BCUT2D eigenvalue weighted by atomic mass is 19.4. The summed E-state index contributed by atoms with van der Waals surface area (Å²) in [5.74, 6) is 0.623. The average molecular weight is 381 g/mol. The van der Waals surface area contributed by atoms with Crippen molar-refractivity contribution in [3.05, 3.63) is 29.9 Å². The highest BCUT2D eigenvalue weighted by molar-refractivity contribution is 5.96. The van der Waals surface area contributed by atoms with Gasteiger partial charge in [0.2, 0.25) is 0 Å². The Bertz CT molecular complexity index is 749. The first-order chi connectivity index (χ1) is 13.0. The van der Waals surface area contributed by atoms with E-state index in [1.807, 2.05) is 6.07 Å². The van der Waals surface area contributed by atoms with Gasteiger partial charge in [0.05, 0.1) is 30.7 Å². The lowest BCUT2D eigenvalue weighted by Crippen LogP contribution is -2.49. The highest BCUT2D eigenvalue weighted by Gasteiger charge is 2.40. The van der Waals surface area contributed by atoms with Crippen LogP contribution in [0.3, 0.4) is 0 Å². The van der Waals surface area contributed by atoms with Crippen LogP contribution < -0.4 is 16.0 Å². The number of nitrogens with one attached hydrogen (secondary N) is 3. The van der Waals surface area contributed by atoms with Crippen molar-refractivity contribution in [2.24, 2.45) is 4.99 Å². The van der Waals surface area contributed by atoms with Crippen LogP contribution in [0.4, 0.5) is 19.0 Å². The van der Waals surface area contributed by atoms with Crippen LogP contribution in [0.5, 0.6) is 0 Å². The Morgan fingerprint density at radius 2 is 2.19 bits per heavy atom. The molecule has 0 radical (unpaired) electrons. The molecular weight excluding hydrogens is 363 g/mol. The van der Waals surface area contributed by atoms with Gasteiger partial charge in [-0.1, -0.05) is 0 Å². The summed E-state index contributed by atoms with van der Waals surface area (Å²) in [5, 5.41) is 17.6. The fourth-order valence-corrected chi connectivity index (χ4v) is 2.75. The number of aromatic nitrogens is 2. The predicted molar refractivity (Wildman–Crippen MR) is 91.0 cm³/mol. The molecule has 1 saturated heterocycles. The minimum absolute atomic E-state index is 0.00712. The smallest absolute Gasteiger partial charge is 0.374 e. The van der Waals surface area contributed by atoms with Crippen molar-refractivity contribution in [2.45, 2.75) is 24.7 Å². The lowest BCUT2D eigenvalue weighted by Gasteiger charge is -2.30. The van der Waals surface area contributed by atoms with Crippen molar-refractivity contribution in [1.29, 1.82) is 5.26 Å². The summed E-state index contributed by atoms with van der Waals surface area (Å²) in [5.41, 5.74) is -0.589. The maximum absolute atomic E-state index is 13.3. The lowest BCUT2D eigenvalue weighted by atomic mass is 10.0. The average Bonchev–Trinajstić information content (AvgIpc) is 2.67. The molecule has 1 fully saturated rings. The molecule has 27 heavy (non-hydrogen) atoms. The van der Waals surface area contributed by atoms with Gasteiger partial charge in [0.15, 0.2) is 5.69 Å². The predicted octanol–water partition coefficient (Wildman–Crippen LogP) is 0.955. The van der Waals surface area contributed by atoms with E-state index in [1.54, 1.807) is 0 Å². The molecular formula is C16H18F3N7O. The molecule has 0 spiro atoms. The summed E-state index contributed by atoms with van der Waals surface area (Å²) in [6, 6.07) is 0.885. The third-order valence-electron chi connectivity index (χ3n) is 4.09. The maximum atomic E-state index is 13.3. The monoisotopic (exact) mass is 381 g/mol. The van der Waals surface area contributed by atoms with Gasteiger partial charge in [-0.15, -0.1) is 0 Å². The van der Waals surface area contributed by atoms with Crippen molar-refractivity contribution in [1.82, 2.24) is 20.6 Å². The van der Waals surface area contributed by atoms with Crippen LogP contribution in [0.15, 0.2) is 29.2 Å². The number of hydrogen-bond donors (Lipinski definition) is 3. The van der Waals surface area contributed by atoms with Gasteiger partial charge < -0.3 is 20.7 Å². The van der Waals surface area contributed by atoms with E-state index >= 15 is 0 Å². The van der Waals surface area contributed by atoms with E-state index in [-0.39, 0.29) is 24.8 Å². The standard InChI is InChI=1S/C16H18F3N7O/c17-16(18,19)12-8-25-14(26-15-9-22-10(4-20)5-24-15)3-13(12)23-7-11-6-21-1-2-27-11/h5,8-9,11,13,21,23H,1-3,6-7H2,(H,24,25,26)/t11-,13?/m0/s1. The first-order valence-corrected chi connectivity index (χ1v) is 8.34. The minimum atomic E-state index is -4.48. The first kappa shape index (κ1) is 19.2. The molecule has 0 amide bonds. The Hall–Kier alpha value is -2.55. The third kappa shape index (κ3) is 5.22. The number of nitrogens with zero attached hydrogens (tertiary/aromatic N) is 4. The van der Waals surface area contributed by atoms with E-state index in [2.05, 4.69) is 30.9 Å². The van der Waals surface area contributed by atoms with Crippen LogP contribution in [0.2, 0.25) is 0 Å². The Morgan fingerprint density at radius 3 is 2.81 bits per heavy atom. The molecule has 1 unspecified atom stereocenters. The molecule has 2 aliphatic rings. The molecule has 0 bridgehead atoms. The van der Waals surface area contributed by atoms with Crippen LogP contribution in [-0.2, 0) is 4.74 Å². The van der Waals surface area contributed by atoms with Gasteiger partial charge in [-0.3, -0.25) is 0 Å². The second-order valence-electron chi connectivity index (χ2n) is 6.04. The van der Waals surface area contributed by atoms with Gasteiger partial charge in [0.25, 0.3) is 0 Å². The molecule has 144 valence electrons. The fraction of sp³-hybridized carbons (Fsp3) is 0.500. The second-order valence-corrected chi connectivity index (χ2v) is 6.04. The maximum Gasteiger partial charge on any atom is 0.415 e. The summed E-state index contributed by atoms with van der Waals surface area (Å²) in [7, 11) is 0. The van der Waals surface area contributed by atoms with Gasteiger partial charge >= 0.3 is 6.18 Å². The van der Waals surface area contributed by atoms with E-state index in [9.17, 15) is 13.2 Å². The number of hydrogen-bond acceptors (Lipinski definition) is 8. The molecule has 1 aromatic rings. The fourth-order valence-electron chi connectivity index (χ4n) is 2.75. The Kier molecular flexibility index (Phi) is 6.00. The van der Waals surface area contributed by atoms with Gasteiger partial charge in [-0.25, -0.2) is 15.0 Å². The molecule has 0 saturated carbocycles. The number of ether oxygens (including phenoxy) is 1. The van der Waals surface area contributed by atoms with Crippen molar-refractivity contribution in [3.63, 3.8) is 0 Å². The van der Waals surface area contributed by atoms with Crippen molar-refractivity contribution < 1.29 is 17.9 Å². The summed E-state index contributed by atoms with van der Waals surface area (Å²) in [4.78, 5) is 11.7. The van der Waals surface area contributed by atoms with E-state index < -0.39 is 17.8 Å². The molecule has 3 heterocycles. The summed E-state index contributed by atoms with van der Waals surface area (Å²) < 4.78 is 45.4. The van der Waals surface area contributed by atoms with Gasteiger partial charge in [-0.05, 0) is 0 Å². The number of halogens is 3. The zero-order valence-electron chi connectivity index (χ0n) is 14.3. The van der Waals surface area contributed by atoms with E-state index in [1.165, 1.54) is 12.4 Å². The molecule has 2 aliphatic heterocycles. The Balaban J connectivity index is 1.67. The zero-order valence-corrected chi connectivity index (χ0v) is 14.3. The minimum Gasteiger partial charge on any atom is -0.374 e. The summed E-state index contributed by atoms with van der Waals surface area (Å²) >= 11 is 0. The number of amidine groups is 1. The Morgan fingerprint density at radius 1 is 1.33 bits per heavy atom. The third-order valence-corrected chi connectivity index (χ3v) is 4.09. The molecule has 11 heteroatoms. The van der Waals surface area contributed by atoms with E-state index in [4.69, 9.17) is 10.00 Å². The largest absolute Gasteiger partial charge is 0.415 e. The van der Waals surface area contributed by atoms with Crippen LogP contribution in [0.1, 0.15) is 12.1 Å². The number of alkyl halides is 3. The van der Waals surface area contributed by atoms with Crippen LogP contribution in [-0.4, -0.2) is 60.4 Å². The van der Waals surface area contributed by atoms with Crippen molar-refractivity contribution >= 4 is 11.7 Å². The molecule has 0 aromatic carbocycles. The first-order valence-electron chi connectivity index (χ1n) is 8.34. The van der Waals surface area contributed by atoms with E-state index in [0.29, 0.717) is 24.8 Å². The molecule has 1 aromatic heterocycles. The summed E-state index contributed by atoms with van der Waals surface area (Å²) in [6.45, 7) is 2.14. The molecule has 2 atom stereocenters. The lowest BCUT2D eigenvalue weighted by molar-refractivity contribution is -0.0972. The van der Waals surface area contributed by atoms with Crippen LogP contribution in [0.25, 0.3) is 0 Å². The van der Waals surface area contributed by atoms with Crippen LogP contribution >= 0.6 is 0 Å². The van der Waals surface area contributed by atoms with Crippen molar-refractivity contribution in [2.75, 3.05) is 31.6 Å². The topological polar surface area (TPSA) is 107 Å². The van der Waals surface area contributed by atoms with Crippen molar-refractivity contribution in [3.8, 4) is 6.07 Å². The van der Waals surface area contributed by atoms with Gasteiger partial charge in [0, 0.05) is 38.3 Å². The van der Waals surface area contributed by atoms with E-state index in [0.717, 1.165) is 12.7 Å². The zero-order chi connectivity index (χ0) is 19.3. The highest BCUT2D eigenvalue weighted by Crippen LogP contribution is 2.31. The van der Waals surface area contributed by atoms with Gasteiger partial charge in [-0.2, -0.15) is 18.4 Å². The number of aliphatic imine (C=N–C) groups is 1. The normalized spacial score (nSPS) is 23.2. The quantitative estimate of drug-likeness (QED) is 0.713. The molecule has 3 rings (SSSR count). The number of rotatable bonds is 4. The second kappa shape index (κ2) is 8.43. The number of anilines is 1. The molecule has 0 aliphatic carbocycles. The Labute approximate surface area is 153 Å².